The molecule has 0 aliphatic heterocycles. The van der Waals surface area contributed by atoms with Crippen LogP contribution in [-0.4, -0.2) is 15.2 Å². The van der Waals surface area contributed by atoms with Gasteiger partial charge >= 0.3 is 0 Å². The average molecular weight is 321 g/mol. The standard InChI is InChI=1S/C12H9BrN4S/c13-9-4-3-8(18-9)11-10(12(14)17-16-11)7-2-1-5-15-6-7/h1-6H,(H3,14,16,17). The number of thiophene rings is 1. The van der Waals surface area contributed by atoms with E-state index in [9.17, 15) is 0 Å². The number of aromatic amines is 1. The summed E-state index contributed by atoms with van der Waals surface area (Å²) in [6.45, 7) is 0. The van der Waals surface area contributed by atoms with E-state index in [4.69, 9.17) is 5.73 Å². The van der Waals surface area contributed by atoms with Gasteiger partial charge in [0.15, 0.2) is 5.82 Å². The van der Waals surface area contributed by atoms with Crippen LogP contribution >= 0.6 is 27.3 Å². The molecule has 0 radical (unpaired) electrons. The van der Waals surface area contributed by atoms with Crippen LogP contribution in [0.3, 0.4) is 0 Å². The average Bonchev–Trinajstić information content (AvgIpc) is 2.96. The number of nitrogens with zero attached hydrogens (tertiary/aromatic N) is 2. The van der Waals surface area contributed by atoms with E-state index in [1.165, 1.54) is 0 Å². The third kappa shape index (κ3) is 1.93. The van der Waals surface area contributed by atoms with Crippen LogP contribution in [0, 0.1) is 0 Å². The van der Waals surface area contributed by atoms with Gasteiger partial charge in [-0.1, -0.05) is 6.07 Å². The van der Waals surface area contributed by atoms with Gasteiger partial charge in [-0.15, -0.1) is 11.3 Å². The van der Waals surface area contributed by atoms with Crippen molar-refractivity contribution in [3.05, 3.63) is 40.4 Å². The van der Waals surface area contributed by atoms with Crippen LogP contribution in [0.4, 0.5) is 5.82 Å². The molecule has 3 aromatic heterocycles. The summed E-state index contributed by atoms with van der Waals surface area (Å²) in [6, 6.07) is 7.89. The van der Waals surface area contributed by atoms with Crippen LogP contribution in [-0.2, 0) is 0 Å². The number of nitrogen functional groups attached to an aromatic ring is 1. The molecule has 18 heavy (non-hydrogen) atoms. The molecule has 0 saturated heterocycles. The highest BCUT2D eigenvalue weighted by molar-refractivity contribution is 9.11. The van der Waals surface area contributed by atoms with Crippen LogP contribution in [0.25, 0.3) is 21.7 Å². The van der Waals surface area contributed by atoms with Crippen molar-refractivity contribution in [1.29, 1.82) is 0 Å². The molecule has 90 valence electrons. The van der Waals surface area contributed by atoms with Gasteiger partial charge in [-0.05, 0) is 34.1 Å². The van der Waals surface area contributed by atoms with Crippen LogP contribution in [0.5, 0.6) is 0 Å². The summed E-state index contributed by atoms with van der Waals surface area (Å²) in [4.78, 5) is 5.21. The Hall–Kier alpha value is -1.66. The summed E-state index contributed by atoms with van der Waals surface area (Å²) in [5.74, 6) is 0.488. The van der Waals surface area contributed by atoms with E-state index >= 15 is 0 Å². The normalized spacial score (nSPS) is 10.7. The molecule has 3 N–H and O–H groups in total. The van der Waals surface area contributed by atoms with E-state index in [1.807, 2.05) is 24.3 Å². The summed E-state index contributed by atoms with van der Waals surface area (Å²) < 4.78 is 1.07. The maximum atomic E-state index is 5.94. The summed E-state index contributed by atoms with van der Waals surface area (Å²) in [7, 11) is 0. The number of hydrogen-bond acceptors (Lipinski definition) is 4. The fourth-order valence-corrected chi connectivity index (χ4v) is 3.17. The Morgan fingerprint density at radius 3 is 2.83 bits per heavy atom. The second-order valence-electron chi connectivity index (χ2n) is 3.70. The molecule has 0 unspecified atom stereocenters. The lowest BCUT2D eigenvalue weighted by molar-refractivity contribution is 1.11. The number of nitrogens with two attached hydrogens (primary N) is 1. The number of pyridine rings is 1. The molecule has 0 amide bonds. The van der Waals surface area contributed by atoms with Crippen molar-refractivity contribution in [2.75, 3.05) is 5.73 Å². The molecular weight excluding hydrogens is 312 g/mol. The highest BCUT2D eigenvalue weighted by Gasteiger charge is 2.15. The van der Waals surface area contributed by atoms with Gasteiger partial charge in [0, 0.05) is 18.0 Å². The minimum atomic E-state index is 0.488. The first-order chi connectivity index (χ1) is 8.75. The van der Waals surface area contributed by atoms with Gasteiger partial charge in [0.05, 0.1) is 19.9 Å². The Morgan fingerprint density at radius 1 is 1.28 bits per heavy atom. The lowest BCUT2D eigenvalue weighted by atomic mass is 10.1. The van der Waals surface area contributed by atoms with Gasteiger partial charge < -0.3 is 5.73 Å². The van der Waals surface area contributed by atoms with Crippen molar-refractivity contribution in [3.63, 3.8) is 0 Å². The quantitative estimate of drug-likeness (QED) is 0.758. The molecule has 6 heteroatoms. The number of anilines is 1. The smallest absolute Gasteiger partial charge is 0.153 e. The van der Waals surface area contributed by atoms with Gasteiger partial charge in [-0.3, -0.25) is 10.1 Å². The zero-order valence-electron chi connectivity index (χ0n) is 9.22. The zero-order valence-corrected chi connectivity index (χ0v) is 11.6. The second-order valence-corrected chi connectivity index (χ2v) is 6.17. The third-order valence-corrected chi connectivity index (χ3v) is 4.21. The molecule has 0 atom stereocenters. The van der Waals surface area contributed by atoms with Crippen molar-refractivity contribution in [2.45, 2.75) is 0 Å². The van der Waals surface area contributed by atoms with E-state index < -0.39 is 0 Å². The molecule has 0 aromatic carbocycles. The lowest BCUT2D eigenvalue weighted by Gasteiger charge is -2.01. The molecule has 0 aliphatic carbocycles. The molecule has 0 bridgehead atoms. The number of rotatable bonds is 2. The van der Waals surface area contributed by atoms with Gasteiger partial charge in [-0.25, -0.2) is 0 Å². The molecule has 0 aliphatic rings. The SMILES string of the molecule is Nc1n[nH]c(-c2ccc(Br)s2)c1-c1cccnc1. The Bertz CT molecular complexity index is 674. The summed E-state index contributed by atoms with van der Waals surface area (Å²) in [5, 5.41) is 7.08. The van der Waals surface area contributed by atoms with E-state index in [0.29, 0.717) is 5.82 Å². The molecule has 3 aromatic rings. The monoisotopic (exact) mass is 320 g/mol. The van der Waals surface area contributed by atoms with Gasteiger partial charge in [0.2, 0.25) is 0 Å². The van der Waals surface area contributed by atoms with Crippen LogP contribution < -0.4 is 5.73 Å². The number of H-pyrrole nitrogens is 1. The predicted octanol–water partition coefficient (Wildman–Crippen LogP) is 3.54. The van der Waals surface area contributed by atoms with Crippen molar-refractivity contribution >= 4 is 33.1 Å². The van der Waals surface area contributed by atoms with Crippen molar-refractivity contribution in [1.82, 2.24) is 15.2 Å². The number of nitrogens with one attached hydrogen (secondary N) is 1. The molecule has 4 nitrogen and oxygen atoms in total. The highest BCUT2D eigenvalue weighted by atomic mass is 79.9. The Labute approximate surface area is 116 Å². The first-order valence-corrected chi connectivity index (χ1v) is 6.86. The first kappa shape index (κ1) is 11.4. The first-order valence-electron chi connectivity index (χ1n) is 5.25. The third-order valence-electron chi connectivity index (χ3n) is 2.56. The summed E-state index contributed by atoms with van der Waals surface area (Å²) in [6.07, 6.45) is 3.52. The predicted molar refractivity (Wildman–Crippen MR) is 77.2 cm³/mol. The van der Waals surface area contributed by atoms with Crippen molar-refractivity contribution < 1.29 is 0 Å². The number of halogens is 1. The Kier molecular flexibility index (Phi) is 2.89. The fourth-order valence-electron chi connectivity index (χ4n) is 1.79. The van der Waals surface area contributed by atoms with Gasteiger partial charge in [0.1, 0.15) is 0 Å². The molecule has 3 rings (SSSR count). The summed E-state index contributed by atoms with van der Waals surface area (Å²) in [5.41, 5.74) is 8.73. The lowest BCUT2D eigenvalue weighted by Crippen LogP contribution is -1.88. The summed E-state index contributed by atoms with van der Waals surface area (Å²) >= 11 is 5.09. The van der Waals surface area contributed by atoms with Crippen molar-refractivity contribution in [3.8, 4) is 21.7 Å². The molecule has 3 heterocycles. The van der Waals surface area contributed by atoms with Crippen molar-refractivity contribution in [2.24, 2.45) is 0 Å². The van der Waals surface area contributed by atoms with Gasteiger partial charge in [0.25, 0.3) is 0 Å². The highest BCUT2D eigenvalue weighted by Crippen LogP contribution is 2.38. The topological polar surface area (TPSA) is 67.6 Å². The fraction of sp³-hybridized carbons (Fsp3) is 0. The van der Waals surface area contributed by atoms with Crippen LogP contribution in [0.15, 0.2) is 40.4 Å². The zero-order chi connectivity index (χ0) is 12.5. The van der Waals surface area contributed by atoms with Gasteiger partial charge in [-0.2, -0.15) is 5.10 Å². The second kappa shape index (κ2) is 4.55. The molecule has 0 spiro atoms. The van der Waals surface area contributed by atoms with Crippen LogP contribution in [0.1, 0.15) is 0 Å². The maximum Gasteiger partial charge on any atom is 0.153 e. The Morgan fingerprint density at radius 2 is 2.17 bits per heavy atom. The molecule has 0 fully saturated rings. The minimum absolute atomic E-state index is 0.488. The minimum Gasteiger partial charge on any atom is -0.382 e. The van der Waals surface area contributed by atoms with Crippen LogP contribution in [0.2, 0.25) is 0 Å². The number of aromatic nitrogens is 3. The van der Waals surface area contributed by atoms with E-state index in [2.05, 4.69) is 31.1 Å². The van der Waals surface area contributed by atoms with E-state index in [-0.39, 0.29) is 0 Å². The van der Waals surface area contributed by atoms with E-state index in [0.717, 1.165) is 25.5 Å². The maximum absolute atomic E-state index is 5.94. The van der Waals surface area contributed by atoms with E-state index in [1.54, 1.807) is 23.7 Å². The largest absolute Gasteiger partial charge is 0.382 e. The molecular formula is C12H9BrN4S. The molecule has 0 saturated carbocycles. The Balaban J connectivity index is 2.18. The number of hydrogen-bond donors (Lipinski definition) is 2.